The Kier molecular flexibility index (Phi) is 4.01. The van der Waals surface area contributed by atoms with E-state index in [0.717, 1.165) is 6.07 Å². The zero-order chi connectivity index (χ0) is 14.2. The average Bonchev–Trinajstić information content (AvgIpc) is 2.76. The van der Waals surface area contributed by atoms with Gasteiger partial charge in [-0.15, -0.1) is 0 Å². The molecule has 1 heterocycles. The third kappa shape index (κ3) is 2.42. The Labute approximate surface area is 110 Å². The van der Waals surface area contributed by atoms with Crippen molar-refractivity contribution in [2.75, 3.05) is 27.2 Å². The summed E-state index contributed by atoms with van der Waals surface area (Å²) in [6.07, 6.45) is 0.507. The van der Waals surface area contributed by atoms with E-state index >= 15 is 0 Å². The van der Waals surface area contributed by atoms with Crippen LogP contribution < -0.4 is 10.5 Å². The molecular weight excluding hydrogens is 257 g/mol. The van der Waals surface area contributed by atoms with Gasteiger partial charge in [0.05, 0.1) is 7.11 Å². The van der Waals surface area contributed by atoms with E-state index in [1.807, 2.05) is 0 Å². The van der Waals surface area contributed by atoms with Crippen LogP contribution in [0.4, 0.5) is 13.2 Å². The maximum atomic E-state index is 14.2. The molecule has 1 aliphatic heterocycles. The van der Waals surface area contributed by atoms with Gasteiger partial charge in [0.15, 0.2) is 23.2 Å². The minimum absolute atomic E-state index is 0.156. The van der Waals surface area contributed by atoms with Gasteiger partial charge in [-0.25, -0.2) is 13.2 Å². The van der Waals surface area contributed by atoms with Crippen LogP contribution in [0.5, 0.6) is 5.75 Å². The first-order chi connectivity index (χ1) is 8.99. The van der Waals surface area contributed by atoms with Crippen molar-refractivity contribution in [3.63, 3.8) is 0 Å². The van der Waals surface area contributed by atoms with Crippen molar-refractivity contribution in [1.82, 2.24) is 4.90 Å². The van der Waals surface area contributed by atoms with E-state index in [1.54, 1.807) is 11.9 Å². The quantitative estimate of drug-likeness (QED) is 0.857. The highest BCUT2D eigenvalue weighted by molar-refractivity contribution is 5.36. The van der Waals surface area contributed by atoms with Crippen molar-refractivity contribution >= 4 is 0 Å². The molecule has 0 amide bonds. The second kappa shape index (κ2) is 5.38. The maximum absolute atomic E-state index is 14.2. The van der Waals surface area contributed by atoms with Gasteiger partial charge in [0.25, 0.3) is 0 Å². The fourth-order valence-electron chi connectivity index (χ4n) is 2.65. The molecule has 1 fully saturated rings. The Bertz CT molecular complexity index is 481. The summed E-state index contributed by atoms with van der Waals surface area (Å²) in [5.74, 6) is -3.21. The zero-order valence-electron chi connectivity index (χ0n) is 10.9. The van der Waals surface area contributed by atoms with Gasteiger partial charge >= 0.3 is 0 Å². The molecular formula is C13H17F3N2O. The molecule has 0 radical (unpaired) electrons. The first kappa shape index (κ1) is 14.1. The smallest absolute Gasteiger partial charge is 0.172 e. The first-order valence-electron chi connectivity index (χ1n) is 6.11. The normalized spacial score (nSPS) is 23.9. The molecule has 1 saturated heterocycles. The van der Waals surface area contributed by atoms with E-state index in [9.17, 15) is 13.2 Å². The molecule has 0 saturated carbocycles. The zero-order valence-corrected chi connectivity index (χ0v) is 10.9. The second-order valence-electron chi connectivity index (χ2n) is 4.90. The molecule has 1 aromatic rings. The molecule has 2 N–H and O–H groups in total. The second-order valence-corrected chi connectivity index (χ2v) is 4.90. The van der Waals surface area contributed by atoms with Crippen molar-refractivity contribution < 1.29 is 17.9 Å². The molecule has 1 aromatic carbocycles. The summed E-state index contributed by atoms with van der Waals surface area (Å²) >= 11 is 0. The van der Waals surface area contributed by atoms with Gasteiger partial charge in [0.2, 0.25) is 0 Å². The molecule has 0 spiro atoms. The third-order valence-corrected chi connectivity index (χ3v) is 3.68. The number of nitrogens with zero attached hydrogens (tertiary/aromatic N) is 1. The lowest BCUT2D eigenvalue weighted by molar-refractivity contribution is 0.288. The molecule has 0 bridgehead atoms. The van der Waals surface area contributed by atoms with Crippen LogP contribution in [0.2, 0.25) is 0 Å². The van der Waals surface area contributed by atoms with Gasteiger partial charge in [-0.05, 0) is 25.9 Å². The highest BCUT2D eigenvalue weighted by Crippen LogP contribution is 2.39. The van der Waals surface area contributed by atoms with Crippen LogP contribution in [0.25, 0.3) is 0 Å². The summed E-state index contributed by atoms with van der Waals surface area (Å²) in [6, 6.07) is 0.210. The summed E-state index contributed by atoms with van der Waals surface area (Å²) in [5.41, 5.74) is 5.32. The van der Waals surface area contributed by atoms with Crippen LogP contribution in [0.1, 0.15) is 18.0 Å². The summed E-state index contributed by atoms with van der Waals surface area (Å²) in [5, 5.41) is 0. The molecule has 2 unspecified atom stereocenters. The number of ether oxygens (including phenoxy) is 1. The van der Waals surface area contributed by atoms with Gasteiger partial charge in [0.1, 0.15) is 0 Å². The van der Waals surface area contributed by atoms with E-state index in [-0.39, 0.29) is 17.2 Å². The average molecular weight is 274 g/mol. The van der Waals surface area contributed by atoms with E-state index < -0.39 is 23.5 Å². The van der Waals surface area contributed by atoms with Gasteiger partial charge in [-0.1, -0.05) is 0 Å². The molecule has 0 aromatic heterocycles. The fourth-order valence-corrected chi connectivity index (χ4v) is 2.65. The summed E-state index contributed by atoms with van der Waals surface area (Å²) in [7, 11) is 2.97. The van der Waals surface area contributed by atoms with Crippen LogP contribution in [-0.4, -0.2) is 32.1 Å². The Morgan fingerprint density at radius 1 is 1.37 bits per heavy atom. The van der Waals surface area contributed by atoms with Crippen molar-refractivity contribution in [3.8, 4) is 5.75 Å². The molecule has 106 valence electrons. The highest BCUT2D eigenvalue weighted by Gasteiger charge is 2.35. The van der Waals surface area contributed by atoms with E-state index in [1.165, 1.54) is 7.11 Å². The predicted octanol–water partition coefficient (Wildman–Crippen LogP) is 2.06. The standard InChI is InChI=1S/C13H17F3N2O/c1-18-6-7(5-17)3-9(18)11-12(15)8(14)4-10(19-2)13(11)16/h4,7,9H,3,5-6,17H2,1-2H3. The fraction of sp³-hybridized carbons (Fsp3) is 0.538. The van der Waals surface area contributed by atoms with Crippen molar-refractivity contribution in [1.29, 1.82) is 0 Å². The molecule has 0 aliphatic carbocycles. The number of rotatable bonds is 3. The van der Waals surface area contributed by atoms with Crippen LogP contribution in [0, 0.1) is 23.4 Å². The summed E-state index contributed by atoms with van der Waals surface area (Å²) in [6.45, 7) is 1.08. The number of hydrogen-bond acceptors (Lipinski definition) is 3. The van der Waals surface area contributed by atoms with Crippen molar-refractivity contribution in [3.05, 3.63) is 29.1 Å². The minimum Gasteiger partial charge on any atom is -0.494 e. The van der Waals surface area contributed by atoms with Gasteiger partial charge in [0, 0.05) is 24.2 Å². The number of nitrogens with two attached hydrogens (primary N) is 1. The Hall–Kier alpha value is -1.27. The summed E-state index contributed by atoms with van der Waals surface area (Å²) in [4.78, 5) is 1.79. The molecule has 2 rings (SSSR count). The molecule has 6 heteroatoms. The van der Waals surface area contributed by atoms with Crippen LogP contribution in [-0.2, 0) is 0 Å². The van der Waals surface area contributed by atoms with E-state index in [4.69, 9.17) is 10.5 Å². The van der Waals surface area contributed by atoms with Gasteiger partial charge in [-0.3, -0.25) is 4.90 Å². The predicted molar refractivity (Wildman–Crippen MR) is 65.4 cm³/mol. The highest BCUT2D eigenvalue weighted by atomic mass is 19.2. The van der Waals surface area contributed by atoms with Gasteiger partial charge in [-0.2, -0.15) is 0 Å². The Morgan fingerprint density at radius 3 is 2.58 bits per heavy atom. The largest absolute Gasteiger partial charge is 0.494 e. The van der Waals surface area contributed by atoms with Crippen LogP contribution in [0.3, 0.4) is 0 Å². The lowest BCUT2D eigenvalue weighted by Gasteiger charge is -2.21. The lowest BCUT2D eigenvalue weighted by atomic mass is 9.98. The molecule has 3 nitrogen and oxygen atoms in total. The Balaban J connectivity index is 2.47. The molecule has 2 atom stereocenters. The maximum Gasteiger partial charge on any atom is 0.172 e. The topological polar surface area (TPSA) is 38.5 Å². The van der Waals surface area contributed by atoms with Gasteiger partial charge < -0.3 is 10.5 Å². The van der Waals surface area contributed by atoms with Crippen molar-refractivity contribution in [2.45, 2.75) is 12.5 Å². The van der Waals surface area contributed by atoms with Crippen LogP contribution >= 0.6 is 0 Å². The number of methoxy groups -OCH3 is 1. The number of likely N-dealkylation sites (tertiary alicyclic amines) is 1. The monoisotopic (exact) mass is 274 g/mol. The lowest BCUT2D eigenvalue weighted by Crippen LogP contribution is -2.22. The van der Waals surface area contributed by atoms with E-state index in [2.05, 4.69) is 0 Å². The van der Waals surface area contributed by atoms with Crippen molar-refractivity contribution in [2.24, 2.45) is 11.7 Å². The van der Waals surface area contributed by atoms with E-state index in [0.29, 0.717) is 19.5 Å². The number of hydrogen-bond donors (Lipinski definition) is 1. The number of halogens is 3. The molecule has 19 heavy (non-hydrogen) atoms. The Morgan fingerprint density at radius 2 is 2.05 bits per heavy atom. The first-order valence-corrected chi connectivity index (χ1v) is 6.11. The summed E-state index contributed by atoms with van der Waals surface area (Å²) < 4.78 is 46.3. The third-order valence-electron chi connectivity index (χ3n) is 3.68. The SMILES string of the molecule is COc1cc(F)c(F)c(C2CC(CN)CN2C)c1F. The number of benzene rings is 1. The van der Waals surface area contributed by atoms with Crippen LogP contribution in [0.15, 0.2) is 6.07 Å². The minimum atomic E-state index is -1.15. The molecule has 1 aliphatic rings.